The lowest BCUT2D eigenvalue weighted by Gasteiger charge is -2.49. The topological polar surface area (TPSA) is 33.6 Å². The molecule has 0 aromatic heterocycles. The molecule has 0 radical (unpaired) electrons. The molecule has 2 rings (SSSR count). The molecule has 92 valence electrons. The Morgan fingerprint density at radius 1 is 1.56 bits per heavy atom. The monoisotopic (exact) mass is 242 g/mol. The molecule has 1 aliphatic carbocycles. The largest absolute Gasteiger partial charge is 0.381 e. The van der Waals surface area contributed by atoms with Gasteiger partial charge in [0, 0.05) is 24.3 Å². The van der Waals surface area contributed by atoms with Crippen LogP contribution in [-0.4, -0.2) is 36.2 Å². The number of nitrogens with zero attached hydrogens (tertiary/aromatic N) is 1. The molecule has 2 aliphatic rings. The lowest BCUT2D eigenvalue weighted by molar-refractivity contribution is -0.0850. The van der Waals surface area contributed by atoms with Crippen LogP contribution in [0.3, 0.4) is 0 Å². The molecule has 1 N–H and O–H groups in total. The molecule has 0 amide bonds. The zero-order valence-electron chi connectivity index (χ0n) is 10.6. The number of thioether (sulfide) groups is 1. The summed E-state index contributed by atoms with van der Waals surface area (Å²) in [4.78, 5) is 4.82. The zero-order chi connectivity index (χ0) is 11.8. The summed E-state index contributed by atoms with van der Waals surface area (Å²) in [6.07, 6.45) is 2.61. The quantitative estimate of drug-likeness (QED) is 0.824. The number of rotatable bonds is 3. The van der Waals surface area contributed by atoms with Crippen molar-refractivity contribution < 1.29 is 4.74 Å². The molecule has 1 heterocycles. The first-order valence-electron chi connectivity index (χ1n) is 6.07. The van der Waals surface area contributed by atoms with E-state index in [1.807, 2.05) is 11.8 Å². The van der Waals surface area contributed by atoms with Crippen molar-refractivity contribution in [3.8, 4) is 0 Å². The summed E-state index contributed by atoms with van der Waals surface area (Å²) >= 11 is 1.86. The van der Waals surface area contributed by atoms with Crippen LogP contribution in [0.1, 0.15) is 33.6 Å². The Hall–Kier alpha value is -0.220. The molecule has 0 aromatic rings. The average Bonchev–Trinajstić information content (AvgIpc) is 2.71. The first-order chi connectivity index (χ1) is 7.57. The van der Waals surface area contributed by atoms with Crippen molar-refractivity contribution in [1.29, 1.82) is 0 Å². The molecule has 1 aliphatic heterocycles. The van der Waals surface area contributed by atoms with E-state index >= 15 is 0 Å². The van der Waals surface area contributed by atoms with E-state index in [0.717, 1.165) is 17.3 Å². The second-order valence-electron chi connectivity index (χ2n) is 5.29. The number of ether oxygens (including phenoxy) is 1. The highest BCUT2D eigenvalue weighted by Crippen LogP contribution is 2.45. The minimum absolute atomic E-state index is 0.189. The first-order valence-corrected chi connectivity index (χ1v) is 7.06. The fourth-order valence-electron chi connectivity index (χ4n) is 2.36. The lowest BCUT2D eigenvalue weighted by atomic mass is 9.65. The summed E-state index contributed by atoms with van der Waals surface area (Å²) < 4.78 is 5.44. The Balaban J connectivity index is 1.94. The van der Waals surface area contributed by atoms with Gasteiger partial charge in [-0.25, -0.2) is 0 Å². The Morgan fingerprint density at radius 3 is 2.81 bits per heavy atom. The molecule has 0 bridgehead atoms. The molecule has 3 atom stereocenters. The molecule has 4 heteroatoms. The summed E-state index contributed by atoms with van der Waals surface area (Å²) in [7, 11) is 1.80. The van der Waals surface area contributed by atoms with Gasteiger partial charge in [-0.2, -0.15) is 0 Å². The molecule has 0 spiro atoms. The van der Waals surface area contributed by atoms with Gasteiger partial charge in [-0.15, -0.1) is 0 Å². The van der Waals surface area contributed by atoms with E-state index in [0.29, 0.717) is 18.2 Å². The van der Waals surface area contributed by atoms with Gasteiger partial charge < -0.3 is 10.1 Å². The van der Waals surface area contributed by atoms with Gasteiger partial charge in [-0.1, -0.05) is 32.5 Å². The lowest BCUT2D eigenvalue weighted by Crippen LogP contribution is -2.53. The second kappa shape index (κ2) is 4.57. The molecule has 0 aromatic carbocycles. The number of hydrogen-bond acceptors (Lipinski definition) is 3. The van der Waals surface area contributed by atoms with E-state index in [9.17, 15) is 0 Å². The van der Waals surface area contributed by atoms with Gasteiger partial charge in [0.05, 0.1) is 12.1 Å². The van der Waals surface area contributed by atoms with Gasteiger partial charge in [0.2, 0.25) is 0 Å². The third kappa shape index (κ3) is 2.09. The normalized spacial score (nSPS) is 39.5. The third-order valence-corrected chi connectivity index (χ3v) is 4.99. The molecule has 2 fully saturated rings. The zero-order valence-corrected chi connectivity index (χ0v) is 11.4. The Morgan fingerprint density at radius 2 is 2.31 bits per heavy atom. The van der Waals surface area contributed by atoms with Crippen LogP contribution in [0.2, 0.25) is 0 Å². The number of hydrogen-bond donors (Lipinski definition) is 1. The van der Waals surface area contributed by atoms with Crippen LogP contribution in [0.25, 0.3) is 0 Å². The van der Waals surface area contributed by atoms with Crippen LogP contribution in [0.15, 0.2) is 4.99 Å². The van der Waals surface area contributed by atoms with E-state index in [4.69, 9.17) is 9.73 Å². The van der Waals surface area contributed by atoms with Crippen molar-refractivity contribution >= 4 is 16.9 Å². The predicted octanol–water partition coefficient (Wildman–Crippen LogP) is 2.27. The number of methoxy groups -OCH3 is 1. The third-order valence-electron chi connectivity index (χ3n) is 3.93. The fourth-order valence-corrected chi connectivity index (χ4v) is 3.49. The summed E-state index contributed by atoms with van der Waals surface area (Å²) in [5.74, 6) is 1.16. The van der Waals surface area contributed by atoms with Gasteiger partial charge in [-0.3, -0.25) is 4.99 Å². The predicted molar refractivity (Wildman–Crippen MR) is 70.1 cm³/mol. The SMILES string of the molecule is CCC1CSC(=NC2CC(OC)C2(C)C)N1. The summed E-state index contributed by atoms with van der Waals surface area (Å²) in [6.45, 7) is 6.71. The van der Waals surface area contributed by atoms with Gasteiger partial charge in [-0.05, 0) is 12.8 Å². The summed E-state index contributed by atoms with van der Waals surface area (Å²) in [5.41, 5.74) is 0.189. The van der Waals surface area contributed by atoms with Crippen molar-refractivity contribution in [2.45, 2.75) is 51.8 Å². The Kier molecular flexibility index (Phi) is 3.50. The molecule has 3 nitrogen and oxygen atoms in total. The minimum atomic E-state index is 0.189. The Bertz CT molecular complexity index is 291. The van der Waals surface area contributed by atoms with E-state index in [1.54, 1.807) is 7.11 Å². The van der Waals surface area contributed by atoms with Gasteiger partial charge in [0.25, 0.3) is 0 Å². The highest BCUT2D eigenvalue weighted by Gasteiger charge is 2.49. The van der Waals surface area contributed by atoms with E-state index in [1.165, 1.54) is 6.42 Å². The van der Waals surface area contributed by atoms with Crippen LogP contribution in [0.4, 0.5) is 0 Å². The van der Waals surface area contributed by atoms with Gasteiger partial charge in [0.15, 0.2) is 5.17 Å². The molecular weight excluding hydrogens is 220 g/mol. The summed E-state index contributed by atoms with van der Waals surface area (Å²) in [5, 5.41) is 4.62. The van der Waals surface area contributed by atoms with E-state index in [2.05, 4.69) is 26.1 Å². The molecule has 1 saturated carbocycles. The molecular formula is C12H22N2OS. The number of aliphatic imine (C=N–C) groups is 1. The Labute approximate surface area is 102 Å². The van der Waals surface area contributed by atoms with Crippen LogP contribution in [0, 0.1) is 5.41 Å². The van der Waals surface area contributed by atoms with Crippen LogP contribution in [0.5, 0.6) is 0 Å². The van der Waals surface area contributed by atoms with Crippen LogP contribution >= 0.6 is 11.8 Å². The van der Waals surface area contributed by atoms with Crippen molar-refractivity contribution in [3.63, 3.8) is 0 Å². The van der Waals surface area contributed by atoms with E-state index in [-0.39, 0.29) is 5.41 Å². The van der Waals surface area contributed by atoms with E-state index < -0.39 is 0 Å². The first kappa shape index (κ1) is 12.2. The maximum absolute atomic E-state index is 5.44. The van der Waals surface area contributed by atoms with Crippen molar-refractivity contribution in [2.75, 3.05) is 12.9 Å². The second-order valence-corrected chi connectivity index (χ2v) is 6.30. The molecule has 1 saturated heterocycles. The van der Waals surface area contributed by atoms with Gasteiger partial charge >= 0.3 is 0 Å². The smallest absolute Gasteiger partial charge is 0.157 e. The van der Waals surface area contributed by atoms with Crippen molar-refractivity contribution in [2.24, 2.45) is 10.4 Å². The summed E-state index contributed by atoms with van der Waals surface area (Å²) in [6, 6.07) is 1.04. The molecule has 3 unspecified atom stereocenters. The average molecular weight is 242 g/mol. The fraction of sp³-hybridized carbons (Fsp3) is 0.917. The van der Waals surface area contributed by atoms with Crippen molar-refractivity contribution in [1.82, 2.24) is 5.32 Å². The van der Waals surface area contributed by atoms with Crippen molar-refractivity contribution in [3.05, 3.63) is 0 Å². The maximum atomic E-state index is 5.44. The van der Waals surface area contributed by atoms with Crippen LogP contribution < -0.4 is 5.32 Å². The maximum Gasteiger partial charge on any atom is 0.157 e. The highest BCUT2D eigenvalue weighted by molar-refractivity contribution is 8.14. The standard InChI is InChI=1S/C12H22N2OS/c1-5-8-7-16-11(13-8)14-9-6-10(15-4)12(9,2)3/h8-10H,5-7H2,1-4H3,(H,13,14). The van der Waals surface area contributed by atoms with Gasteiger partial charge in [0.1, 0.15) is 0 Å². The van der Waals surface area contributed by atoms with Crippen LogP contribution in [-0.2, 0) is 4.74 Å². The molecule has 16 heavy (non-hydrogen) atoms. The number of amidine groups is 1. The number of nitrogens with one attached hydrogen (secondary N) is 1. The highest BCUT2D eigenvalue weighted by atomic mass is 32.2. The minimum Gasteiger partial charge on any atom is -0.381 e.